The first-order chi connectivity index (χ1) is 14.9. The normalized spacial score (nSPS) is 34.9. The molecule has 0 bridgehead atoms. The van der Waals surface area contributed by atoms with Crippen molar-refractivity contribution in [2.75, 3.05) is 19.6 Å². The summed E-state index contributed by atoms with van der Waals surface area (Å²) >= 11 is 0. The van der Waals surface area contributed by atoms with Crippen LogP contribution in [0.4, 0.5) is 0 Å². The number of rotatable bonds is 4. The van der Waals surface area contributed by atoms with Crippen LogP contribution in [0, 0.1) is 17.3 Å². The van der Waals surface area contributed by atoms with Crippen LogP contribution < -0.4 is 0 Å². The summed E-state index contributed by atoms with van der Waals surface area (Å²) in [6, 6.07) is 10.2. The van der Waals surface area contributed by atoms with Gasteiger partial charge in [-0.3, -0.25) is 4.79 Å². The summed E-state index contributed by atoms with van der Waals surface area (Å²) < 4.78 is 5.91. The minimum absolute atomic E-state index is 0.0250. The van der Waals surface area contributed by atoms with Gasteiger partial charge in [0.15, 0.2) is 0 Å². The van der Waals surface area contributed by atoms with Gasteiger partial charge in [0.25, 0.3) is 0 Å². The number of aliphatic hydroxyl groups is 1. The van der Waals surface area contributed by atoms with Crippen LogP contribution in [0.3, 0.4) is 0 Å². The predicted octanol–water partition coefficient (Wildman–Crippen LogP) is 4.29. The van der Waals surface area contributed by atoms with Crippen LogP contribution in [0.2, 0.25) is 0 Å². The van der Waals surface area contributed by atoms with Gasteiger partial charge < -0.3 is 14.7 Å². The van der Waals surface area contributed by atoms with E-state index >= 15 is 0 Å². The summed E-state index contributed by atoms with van der Waals surface area (Å²) in [4.78, 5) is 15.2. The zero-order valence-electron chi connectivity index (χ0n) is 18.8. The van der Waals surface area contributed by atoms with E-state index in [-0.39, 0.29) is 29.3 Å². The summed E-state index contributed by atoms with van der Waals surface area (Å²) in [5.41, 5.74) is 3.52. The highest BCUT2D eigenvalue weighted by molar-refractivity contribution is 5.76. The van der Waals surface area contributed by atoms with Crippen LogP contribution in [0.1, 0.15) is 51.5 Å². The Morgan fingerprint density at radius 2 is 1.90 bits per heavy atom. The fraction of sp³-hybridized carbons (Fsp3) is 0.593. The number of allylic oxidation sites excluding steroid dienone is 3. The van der Waals surface area contributed by atoms with Crippen molar-refractivity contribution in [3.05, 3.63) is 59.2 Å². The third-order valence-electron chi connectivity index (χ3n) is 8.31. The Morgan fingerprint density at radius 1 is 1.16 bits per heavy atom. The van der Waals surface area contributed by atoms with Crippen LogP contribution in [0.25, 0.3) is 0 Å². The third-order valence-corrected chi connectivity index (χ3v) is 8.31. The van der Waals surface area contributed by atoms with Crippen molar-refractivity contribution in [3.63, 3.8) is 0 Å². The Balaban J connectivity index is 1.25. The number of benzene rings is 1. The fourth-order valence-electron chi connectivity index (χ4n) is 6.42. The van der Waals surface area contributed by atoms with Crippen molar-refractivity contribution in [3.8, 4) is 0 Å². The molecule has 1 aromatic rings. The molecule has 5 rings (SSSR count). The Kier molecular flexibility index (Phi) is 5.34. The molecule has 1 aromatic carbocycles. The molecule has 31 heavy (non-hydrogen) atoms. The molecular formula is C27H35NO3. The van der Waals surface area contributed by atoms with E-state index in [0.717, 1.165) is 51.7 Å². The number of hydrogen-bond donors (Lipinski definition) is 1. The maximum atomic E-state index is 12.8. The van der Waals surface area contributed by atoms with E-state index in [1.165, 1.54) is 16.7 Å². The molecule has 0 unspecified atom stereocenters. The number of hydrogen-bond acceptors (Lipinski definition) is 4. The first-order valence-electron chi connectivity index (χ1n) is 11.9. The molecule has 2 saturated heterocycles. The van der Waals surface area contributed by atoms with E-state index in [9.17, 15) is 9.90 Å². The maximum Gasteiger partial charge on any atom is 0.311 e. The molecule has 4 atom stereocenters. The van der Waals surface area contributed by atoms with Crippen LogP contribution in [0.15, 0.2) is 53.6 Å². The van der Waals surface area contributed by atoms with E-state index < -0.39 is 5.60 Å². The lowest BCUT2D eigenvalue weighted by molar-refractivity contribution is -0.145. The van der Waals surface area contributed by atoms with Crippen LogP contribution in [-0.4, -0.2) is 47.3 Å². The fourth-order valence-corrected chi connectivity index (χ4v) is 6.42. The second-order valence-corrected chi connectivity index (χ2v) is 10.6. The van der Waals surface area contributed by atoms with Crippen LogP contribution in [-0.2, 0) is 16.0 Å². The second kappa shape index (κ2) is 7.90. The molecule has 4 aliphatic rings. The number of nitrogens with zero attached hydrogens (tertiary/aromatic N) is 1. The molecule has 2 aliphatic heterocycles. The molecular weight excluding hydrogens is 386 g/mol. The standard InChI is InChI=1S/C27H35NO3/c1-19-7-6-10-26(2)17-24-21(15-23(19)26)22(25(29)31-24)18-28-13-11-27(30,12-14-28)16-20-8-4-3-5-9-20/h3-5,7-9,15,21-22,24,30H,6,10-14,16-18H2,1-2H3/t21-,22+,24+,26-/m0/s1. The minimum atomic E-state index is -0.644. The topological polar surface area (TPSA) is 49.8 Å². The van der Waals surface area contributed by atoms with Gasteiger partial charge in [-0.25, -0.2) is 0 Å². The lowest BCUT2D eigenvalue weighted by Gasteiger charge is -2.43. The molecule has 0 saturated carbocycles. The van der Waals surface area contributed by atoms with E-state index in [1.54, 1.807) is 0 Å². The van der Waals surface area contributed by atoms with E-state index in [2.05, 4.69) is 43.0 Å². The van der Waals surface area contributed by atoms with Gasteiger partial charge in [-0.2, -0.15) is 0 Å². The van der Waals surface area contributed by atoms with Crippen molar-refractivity contribution in [2.45, 2.75) is 64.1 Å². The van der Waals surface area contributed by atoms with Gasteiger partial charge in [0.2, 0.25) is 0 Å². The van der Waals surface area contributed by atoms with Crippen LogP contribution in [0.5, 0.6) is 0 Å². The summed E-state index contributed by atoms with van der Waals surface area (Å²) in [6.07, 6.45) is 10.2. The highest BCUT2D eigenvalue weighted by atomic mass is 16.6. The van der Waals surface area contributed by atoms with Gasteiger partial charge in [-0.1, -0.05) is 55.0 Å². The van der Waals surface area contributed by atoms with Gasteiger partial charge in [-0.15, -0.1) is 0 Å². The highest BCUT2D eigenvalue weighted by Gasteiger charge is 2.51. The highest BCUT2D eigenvalue weighted by Crippen LogP contribution is 2.52. The van der Waals surface area contributed by atoms with Crippen molar-refractivity contribution in [1.82, 2.24) is 4.90 Å². The van der Waals surface area contributed by atoms with Gasteiger partial charge in [0.05, 0.1) is 11.5 Å². The molecule has 0 aromatic heterocycles. The molecule has 2 heterocycles. The largest absolute Gasteiger partial charge is 0.461 e. The van der Waals surface area contributed by atoms with Gasteiger partial charge in [0, 0.05) is 32.0 Å². The number of piperidine rings is 1. The van der Waals surface area contributed by atoms with Crippen molar-refractivity contribution >= 4 is 5.97 Å². The van der Waals surface area contributed by atoms with Crippen molar-refractivity contribution < 1.29 is 14.6 Å². The molecule has 2 fully saturated rings. The number of esters is 1. The van der Waals surface area contributed by atoms with Crippen molar-refractivity contribution in [1.29, 1.82) is 0 Å². The SMILES string of the molecule is CC1=CCC[C@@]2(C)C[C@H]3OC(=O)[C@H](CN4CCC(O)(Cc5ccccc5)CC4)[C@@H]3C=C12. The summed E-state index contributed by atoms with van der Waals surface area (Å²) in [5.74, 6) is 0.0695. The van der Waals surface area contributed by atoms with Gasteiger partial charge in [-0.05, 0) is 55.6 Å². The maximum absolute atomic E-state index is 12.8. The minimum Gasteiger partial charge on any atom is -0.461 e. The zero-order chi connectivity index (χ0) is 21.6. The van der Waals surface area contributed by atoms with Crippen LogP contribution >= 0.6 is 0 Å². The summed E-state index contributed by atoms with van der Waals surface area (Å²) in [5, 5.41) is 11.1. The first kappa shape index (κ1) is 21.0. The lowest BCUT2D eigenvalue weighted by atomic mass is 9.62. The smallest absolute Gasteiger partial charge is 0.311 e. The zero-order valence-corrected chi connectivity index (χ0v) is 18.8. The first-order valence-corrected chi connectivity index (χ1v) is 11.9. The monoisotopic (exact) mass is 421 g/mol. The molecule has 0 radical (unpaired) electrons. The Hall–Kier alpha value is -1.91. The second-order valence-electron chi connectivity index (χ2n) is 10.6. The molecule has 1 N–H and O–H groups in total. The van der Waals surface area contributed by atoms with Gasteiger partial charge in [0.1, 0.15) is 6.10 Å². The van der Waals surface area contributed by atoms with E-state index in [4.69, 9.17) is 4.74 Å². The van der Waals surface area contributed by atoms with Crippen molar-refractivity contribution in [2.24, 2.45) is 17.3 Å². The number of carbonyl (C=O) groups is 1. The molecule has 0 amide bonds. The quantitative estimate of drug-likeness (QED) is 0.737. The Morgan fingerprint density at radius 3 is 2.65 bits per heavy atom. The number of carbonyl (C=O) groups excluding carboxylic acids is 1. The molecule has 0 spiro atoms. The Bertz CT molecular complexity index is 896. The third kappa shape index (κ3) is 4.01. The summed E-state index contributed by atoms with van der Waals surface area (Å²) in [6.45, 7) is 6.96. The number of likely N-dealkylation sites (tertiary alicyclic amines) is 1. The Labute approximate surface area is 186 Å². The number of fused-ring (bicyclic) bond motifs is 2. The number of ether oxygens (including phenoxy) is 1. The molecule has 4 nitrogen and oxygen atoms in total. The average molecular weight is 422 g/mol. The summed E-state index contributed by atoms with van der Waals surface area (Å²) in [7, 11) is 0. The average Bonchev–Trinajstić information content (AvgIpc) is 3.02. The lowest BCUT2D eigenvalue weighted by Crippen LogP contribution is -2.48. The molecule has 166 valence electrons. The van der Waals surface area contributed by atoms with E-state index in [0.29, 0.717) is 6.42 Å². The molecule has 4 heteroatoms. The molecule has 2 aliphatic carbocycles. The van der Waals surface area contributed by atoms with Gasteiger partial charge >= 0.3 is 5.97 Å². The van der Waals surface area contributed by atoms with E-state index in [1.807, 2.05) is 18.2 Å². The predicted molar refractivity (Wildman–Crippen MR) is 121 cm³/mol.